The number of amides is 1. The second kappa shape index (κ2) is 6.64. The fourth-order valence-electron chi connectivity index (χ4n) is 4.21. The molecular weight excluding hydrogens is 284 g/mol. The summed E-state index contributed by atoms with van der Waals surface area (Å²) in [7, 11) is 0. The van der Waals surface area contributed by atoms with Crippen LogP contribution in [-0.4, -0.2) is 25.5 Å². The third-order valence-electron chi connectivity index (χ3n) is 5.71. The number of nitrogens with zero attached hydrogens (tertiary/aromatic N) is 1. The fourth-order valence-corrected chi connectivity index (χ4v) is 4.21. The van der Waals surface area contributed by atoms with Crippen LogP contribution in [0, 0.1) is 11.3 Å². The molecule has 3 rings (SSSR count). The summed E-state index contributed by atoms with van der Waals surface area (Å²) in [6, 6.07) is 8.57. The zero-order chi connectivity index (χ0) is 16.4. The Hall–Kier alpha value is -1.35. The van der Waals surface area contributed by atoms with Crippen molar-refractivity contribution >= 4 is 11.6 Å². The topological polar surface area (TPSA) is 32.3 Å². The molecule has 1 aromatic rings. The molecule has 2 aliphatic rings. The molecule has 1 aliphatic heterocycles. The first-order valence-electron chi connectivity index (χ1n) is 9.07. The highest BCUT2D eigenvalue weighted by atomic mass is 16.2. The van der Waals surface area contributed by atoms with Gasteiger partial charge in [0.1, 0.15) is 0 Å². The lowest BCUT2D eigenvalue weighted by Gasteiger charge is -2.38. The molecule has 1 heterocycles. The molecule has 1 saturated heterocycles. The van der Waals surface area contributed by atoms with E-state index in [0.717, 1.165) is 24.7 Å². The highest BCUT2D eigenvalue weighted by Crippen LogP contribution is 2.45. The number of benzene rings is 1. The van der Waals surface area contributed by atoms with Gasteiger partial charge in [-0.05, 0) is 54.6 Å². The quantitative estimate of drug-likeness (QED) is 0.896. The van der Waals surface area contributed by atoms with Gasteiger partial charge in [-0.15, -0.1) is 0 Å². The van der Waals surface area contributed by atoms with Gasteiger partial charge in [0.25, 0.3) is 0 Å². The van der Waals surface area contributed by atoms with E-state index in [4.69, 9.17) is 0 Å². The van der Waals surface area contributed by atoms with Gasteiger partial charge in [-0.1, -0.05) is 39.0 Å². The summed E-state index contributed by atoms with van der Waals surface area (Å²) in [5.74, 6) is 1.63. The largest absolute Gasteiger partial charge is 0.310 e. The van der Waals surface area contributed by atoms with E-state index in [0.29, 0.717) is 17.9 Å². The van der Waals surface area contributed by atoms with Gasteiger partial charge in [-0.2, -0.15) is 0 Å². The highest BCUT2D eigenvalue weighted by molar-refractivity contribution is 5.96. The van der Waals surface area contributed by atoms with Crippen LogP contribution in [0.25, 0.3) is 0 Å². The van der Waals surface area contributed by atoms with Crippen LogP contribution in [0.2, 0.25) is 0 Å². The van der Waals surface area contributed by atoms with E-state index in [1.165, 1.54) is 31.2 Å². The van der Waals surface area contributed by atoms with E-state index in [-0.39, 0.29) is 5.91 Å². The maximum absolute atomic E-state index is 12.3. The molecule has 0 atom stereocenters. The van der Waals surface area contributed by atoms with Crippen LogP contribution in [0.15, 0.2) is 24.3 Å². The molecule has 1 aliphatic carbocycles. The number of nitrogens with one attached hydrogen (secondary N) is 1. The van der Waals surface area contributed by atoms with Gasteiger partial charge in [-0.3, -0.25) is 4.79 Å². The standard InChI is InChI=1S/C20H30N2O/c1-20(2,3)16-10-8-15(9-11-16)17-6-4-5-7-18(17)22-13-12-21-14-19(22)23/h4-7,15-16,21H,8-14H2,1-3H3. The third-order valence-corrected chi connectivity index (χ3v) is 5.71. The molecular formula is C20H30N2O. The van der Waals surface area contributed by atoms with Crippen LogP contribution in [0.3, 0.4) is 0 Å². The summed E-state index contributed by atoms with van der Waals surface area (Å²) < 4.78 is 0. The molecule has 3 heteroatoms. The van der Waals surface area contributed by atoms with E-state index in [2.05, 4.69) is 50.4 Å². The monoisotopic (exact) mass is 314 g/mol. The number of hydrogen-bond acceptors (Lipinski definition) is 2. The number of para-hydroxylation sites is 1. The maximum atomic E-state index is 12.3. The molecule has 1 saturated carbocycles. The van der Waals surface area contributed by atoms with Crippen LogP contribution < -0.4 is 10.2 Å². The molecule has 1 N–H and O–H groups in total. The molecule has 1 amide bonds. The predicted octanol–water partition coefficient (Wildman–Crippen LogP) is 3.94. The second-order valence-electron chi connectivity index (χ2n) is 8.20. The number of carbonyl (C=O) groups is 1. The smallest absolute Gasteiger partial charge is 0.240 e. The molecule has 2 fully saturated rings. The van der Waals surface area contributed by atoms with Gasteiger partial charge in [0.15, 0.2) is 0 Å². The Morgan fingerprint density at radius 3 is 2.43 bits per heavy atom. The Kier molecular flexibility index (Phi) is 4.77. The Bertz CT molecular complexity index is 553. The summed E-state index contributed by atoms with van der Waals surface area (Å²) in [5.41, 5.74) is 2.95. The molecule has 3 nitrogen and oxygen atoms in total. The van der Waals surface area contributed by atoms with Gasteiger partial charge in [-0.25, -0.2) is 0 Å². The molecule has 1 aromatic carbocycles. The lowest BCUT2D eigenvalue weighted by molar-refractivity contribution is -0.118. The number of rotatable bonds is 2. The molecule has 23 heavy (non-hydrogen) atoms. The van der Waals surface area contributed by atoms with E-state index < -0.39 is 0 Å². The van der Waals surface area contributed by atoms with Crippen LogP contribution >= 0.6 is 0 Å². The SMILES string of the molecule is CC(C)(C)C1CCC(c2ccccc2N2CCNCC2=O)CC1. The van der Waals surface area contributed by atoms with Crippen molar-refractivity contribution in [2.45, 2.75) is 52.4 Å². The second-order valence-corrected chi connectivity index (χ2v) is 8.20. The van der Waals surface area contributed by atoms with Crippen molar-refractivity contribution in [3.05, 3.63) is 29.8 Å². The number of hydrogen-bond donors (Lipinski definition) is 1. The minimum atomic E-state index is 0.201. The molecule has 0 unspecified atom stereocenters. The lowest BCUT2D eigenvalue weighted by Crippen LogP contribution is -2.48. The van der Waals surface area contributed by atoms with Gasteiger partial charge >= 0.3 is 0 Å². The van der Waals surface area contributed by atoms with Crippen molar-refractivity contribution in [2.24, 2.45) is 11.3 Å². The van der Waals surface area contributed by atoms with Gasteiger partial charge < -0.3 is 10.2 Å². The van der Waals surface area contributed by atoms with Crippen LogP contribution in [0.1, 0.15) is 57.9 Å². The summed E-state index contributed by atoms with van der Waals surface area (Å²) in [6.07, 6.45) is 5.11. The summed E-state index contributed by atoms with van der Waals surface area (Å²) in [6.45, 7) is 9.23. The lowest BCUT2D eigenvalue weighted by atomic mass is 9.68. The molecule has 0 radical (unpaired) electrons. The van der Waals surface area contributed by atoms with E-state index >= 15 is 0 Å². The highest BCUT2D eigenvalue weighted by Gasteiger charge is 2.32. The van der Waals surface area contributed by atoms with Crippen molar-refractivity contribution in [3.63, 3.8) is 0 Å². The minimum Gasteiger partial charge on any atom is -0.310 e. The van der Waals surface area contributed by atoms with Crippen LogP contribution in [0.5, 0.6) is 0 Å². The first kappa shape index (κ1) is 16.5. The Morgan fingerprint density at radius 2 is 1.78 bits per heavy atom. The van der Waals surface area contributed by atoms with Gasteiger partial charge in [0, 0.05) is 18.8 Å². The van der Waals surface area contributed by atoms with E-state index in [1.807, 2.05) is 4.90 Å². The molecule has 0 bridgehead atoms. The van der Waals surface area contributed by atoms with Crippen molar-refractivity contribution in [2.75, 3.05) is 24.5 Å². The van der Waals surface area contributed by atoms with Gasteiger partial charge in [0.2, 0.25) is 5.91 Å². The number of piperazine rings is 1. The van der Waals surface area contributed by atoms with Crippen molar-refractivity contribution in [3.8, 4) is 0 Å². The summed E-state index contributed by atoms with van der Waals surface area (Å²) >= 11 is 0. The van der Waals surface area contributed by atoms with Crippen molar-refractivity contribution in [1.82, 2.24) is 5.32 Å². The van der Waals surface area contributed by atoms with Crippen molar-refractivity contribution in [1.29, 1.82) is 0 Å². The average Bonchev–Trinajstić information content (AvgIpc) is 2.55. The van der Waals surface area contributed by atoms with E-state index in [1.54, 1.807) is 0 Å². The van der Waals surface area contributed by atoms with Crippen molar-refractivity contribution < 1.29 is 4.79 Å². The average molecular weight is 314 g/mol. The zero-order valence-corrected chi connectivity index (χ0v) is 14.8. The minimum absolute atomic E-state index is 0.201. The van der Waals surface area contributed by atoms with Crippen LogP contribution in [0.4, 0.5) is 5.69 Å². The molecule has 0 spiro atoms. The summed E-state index contributed by atoms with van der Waals surface area (Å²) in [4.78, 5) is 14.3. The maximum Gasteiger partial charge on any atom is 0.240 e. The normalized spacial score (nSPS) is 26.4. The van der Waals surface area contributed by atoms with Gasteiger partial charge in [0.05, 0.1) is 6.54 Å². The first-order valence-corrected chi connectivity index (χ1v) is 9.07. The number of anilines is 1. The molecule has 0 aromatic heterocycles. The predicted molar refractivity (Wildman–Crippen MR) is 95.8 cm³/mol. The Morgan fingerprint density at radius 1 is 1.09 bits per heavy atom. The summed E-state index contributed by atoms with van der Waals surface area (Å²) in [5, 5.41) is 3.16. The Balaban J connectivity index is 1.78. The van der Waals surface area contributed by atoms with Crippen LogP contribution in [-0.2, 0) is 4.79 Å². The van der Waals surface area contributed by atoms with E-state index in [9.17, 15) is 4.79 Å². The first-order chi connectivity index (χ1) is 11.0. The third kappa shape index (κ3) is 3.60. The molecule has 126 valence electrons. The number of carbonyl (C=O) groups excluding carboxylic acids is 1. The Labute approximate surface area is 140 Å². The fraction of sp³-hybridized carbons (Fsp3) is 0.650. The zero-order valence-electron chi connectivity index (χ0n) is 14.8.